The van der Waals surface area contributed by atoms with Crippen LogP contribution >= 0.6 is 15.9 Å². The summed E-state index contributed by atoms with van der Waals surface area (Å²) in [4.78, 5) is 22.9. The number of anilines is 1. The Hall–Kier alpha value is -2.15. The summed E-state index contributed by atoms with van der Waals surface area (Å²) in [6.07, 6.45) is 0. The third-order valence-corrected chi connectivity index (χ3v) is 4.13. The number of halogens is 1. The van der Waals surface area contributed by atoms with Crippen LogP contribution in [0.15, 0.2) is 28.7 Å². The van der Waals surface area contributed by atoms with Crippen LogP contribution in [0.2, 0.25) is 0 Å². The molecule has 2 aromatic rings. The Balaban J connectivity index is 1.99. The van der Waals surface area contributed by atoms with E-state index in [-0.39, 0.29) is 12.5 Å². The Morgan fingerprint density at radius 3 is 2.41 bits per heavy atom. The highest BCUT2D eigenvalue weighted by Gasteiger charge is 2.13. The standard InChI is InChI=1S/C15H16BrN3O3/c1-9-15(16)10(2)19(18-9)8-14(21)22-13-6-4-12(5-7-13)17-11(3)20/h4-7H,8H2,1-3H3,(H,17,20). The molecule has 22 heavy (non-hydrogen) atoms. The van der Waals surface area contributed by atoms with Crippen molar-refractivity contribution in [3.05, 3.63) is 40.1 Å². The van der Waals surface area contributed by atoms with Crippen LogP contribution in [-0.4, -0.2) is 21.7 Å². The number of carbonyl (C=O) groups excluding carboxylic acids is 2. The molecular formula is C15H16BrN3O3. The Bertz CT molecular complexity index is 708. The van der Waals surface area contributed by atoms with Gasteiger partial charge in [0.1, 0.15) is 12.3 Å². The number of amides is 1. The van der Waals surface area contributed by atoms with Crippen molar-refractivity contribution in [1.82, 2.24) is 9.78 Å². The summed E-state index contributed by atoms with van der Waals surface area (Å²) in [5.74, 6) is -0.148. The van der Waals surface area contributed by atoms with Gasteiger partial charge in [0.2, 0.25) is 5.91 Å². The number of nitrogens with one attached hydrogen (secondary N) is 1. The monoisotopic (exact) mass is 365 g/mol. The lowest BCUT2D eigenvalue weighted by atomic mass is 10.3. The van der Waals surface area contributed by atoms with Gasteiger partial charge in [0, 0.05) is 12.6 Å². The maximum absolute atomic E-state index is 11.9. The van der Waals surface area contributed by atoms with E-state index < -0.39 is 5.97 Å². The fourth-order valence-corrected chi connectivity index (χ4v) is 2.21. The summed E-state index contributed by atoms with van der Waals surface area (Å²) in [7, 11) is 0. The second-order valence-corrected chi connectivity index (χ2v) is 5.62. The molecule has 0 bridgehead atoms. The van der Waals surface area contributed by atoms with Gasteiger partial charge in [0.05, 0.1) is 15.9 Å². The first-order valence-corrected chi connectivity index (χ1v) is 7.44. The molecule has 6 nitrogen and oxygen atoms in total. The van der Waals surface area contributed by atoms with Crippen molar-refractivity contribution in [3.63, 3.8) is 0 Å². The van der Waals surface area contributed by atoms with E-state index in [9.17, 15) is 9.59 Å². The third kappa shape index (κ3) is 3.94. The molecule has 1 aromatic carbocycles. The molecule has 0 radical (unpaired) electrons. The summed E-state index contributed by atoms with van der Waals surface area (Å²) < 4.78 is 7.73. The topological polar surface area (TPSA) is 73.2 Å². The van der Waals surface area contributed by atoms with Gasteiger partial charge in [-0.25, -0.2) is 4.79 Å². The molecule has 1 amide bonds. The number of aromatic nitrogens is 2. The molecule has 7 heteroatoms. The number of ether oxygens (including phenoxy) is 1. The predicted molar refractivity (Wildman–Crippen MR) is 85.8 cm³/mol. The Morgan fingerprint density at radius 2 is 1.91 bits per heavy atom. The van der Waals surface area contributed by atoms with Crippen molar-refractivity contribution in [2.75, 3.05) is 5.32 Å². The van der Waals surface area contributed by atoms with Crippen molar-refractivity contribution in [1.29, 1.82) is 0 Å². The number of rotatable bonds is 4. The summed E-state index contributed by atoms with van der Waals surface area (Å²) in [6, 6.07) is 6.59. The van der Waals surface area contributed by atoms with Crippen molar-refractivity contribution in [2.45, 2.75) is 27.3 Å². The number of benzene rings is 1. The van der Waals surface area contributed by atoms with E-state index in [4.69, 9.17) is 4.74 Å². The van der Waals surface area contributed by atoms with E-state index in [2.05, 4.69) is 26.3 Å². The minimum absolute atomic E-state index is 0.0335. The average Bonchev–Trinajstić information content (AvgIpc) is 2.68. The number of nitrogens with zero attached hydrogens (tertiary/aromatic N) is 2. The molecule has 0 aliphatic rings. The molecule has 0 aliphatic carbocycles. The van der Waals surface area contributed by atoms with Crippen LogP contribution in [0.4, 0.5) is 5.69 Å². The van der Waals surface area contributed by atoms with Crippen LogP contribution in [0.5, 0.6) is 5.75 Å². The van der Waals surface area contributed by atoms with Gasteiger partial charge < -0.3 is 10.1 Å². The number of carbonyl (C=O) groups is 2. The fourth-order valence-electron chi connectivity index (χ4n) is 1.92. The van der Waals surface area contributed by atoms with Crippen LogP contribution in [0.3, 0.4) is 0 Å². The smallest absolute Gasteiger partial charge is 0.333 e. The van der Waals surface area contributed by atoms with Crippen LogP contribution in [0, 0.1) is 13.8 Å². The molecule has 0 aliphatic heterocycles. The number of hydrogen-bond acceptors (Lipinski definition) is 4. The first kappa shape index (κ1) is 16.2. The van der Waals surface area contributed by atoms with E-state index >= 15 is 0 Å². The Morgan fingerprint density at radius 1 is 1.27 bits per heavy atom. The van der Waals surface area contributed by atoms with Gasteiger partial charge in [0.15, 0.2) is 0 Å². The largest absolute Gasteiger partial charge is 0.425 e. The van der Waals surface area contributed by atoms with Crippen LogP contribution in [0.1, 0.15) is 18.3 Å². The zero-order valence-corrected chi connectivity index (χ0v) is 14.1. The highest BCUT2D eigenvalue weighted by Crippen LogP contribution is 2.20. The summed E-state index contributed by atoms with van der Waals surface area (Å²) in [5.41, 5.74) is 2.34. The molecule has 0 saturated carbocycles. The van der Waals surface area contributed by atoms with Gasteiger partial charge in [-0.1, -0.05) is 0 Å². The molecule has 0 fully saturated rings. The van der Waals surface area contributed by atoms with Gasteiger partial charge >= 0.3 is 5.97 Å². The van der Waals surface area contributed by atoms with Gasteiger partial charge in [-0.2, -0.15) is 5.10 Å². The van der Waals surface area contributed by atoms with E-state index in [0.717, 1.165) is 15.9 Å². The third-order valence-electron chi connectivity index (χ3n) is 2.98. The maximum Gasteiger partial charge on any atom is 0.333 e. The van der Waals surface area contributed by atoms with Gasteiger partial charge in [-0.15, -0.1) is 0 Å². The van der Waals surface area contributed by atoms with Gasteiger partial charge in [-0.3, -0.25) is 9.48 Å². The van der Waals surface area contributed by atoms with E-state index in [1.807, 2.05) is 13.8 Å². The van der Waals surface area contributed by atoms with Crippen molar-refractivity contribution < 1.29 is 14.3 Å². The first-order valence-electron chi connectivity index (χ1n) is 6.64. The fraction of sp³-hybridized carbons (Fsp3) is 0.267. The molecule has 2 rings (SSSR count). The number of hydrogen-bond donors (Lipinski definition) is 1. The quantitative estimate of drug-likeness (QED) is 0.667. The Kier molecular flexibility index (Phi) is 4.97. The number of aryl methyl sites for hydroxylation is 1. The molecule has 0 unspecified atom stereocenters. The van der Waals surface area contributed by atoms with E-state index in [1.165, 1.54) is 6.92 Å². The Labute approximate surface area is 136 Å². The van der Waals surface area contributed by atoms with Gasteiger partial charge in [0.25, 0.3) is 0 Å². The minimum Gasteiger partial charge on any atom is -0.425 e. The molecule has 116 valence electrons. The first-order chi connectivity index (χ1) is 10.4. The van der Waals surface area contributed by atoms with Crippen molar-refractivity contribution >= 4 is 33.5 Å². The number of esters is 1. The molecular weight excluding hydrogens is 350 g/mol. The van der Waals surface area contributed by atoms with E-state index in [0.29, 0.717) is 11.4 Å². The predicted octanol–water partition coefficient (Wildman–Crippen LogP) is 2.83. The molecule has 0 spiro atoms. The second-order valence-electron chi connectivity index (χ2n) is 4.82. The molecule has 1 aromatic heterocycles. The lowest BCUT2D eigenvalue weighted by molar-refractivity contribution is -0.135. The second kappa shape index (κ2) is 6.74. The van der Waals surface area contributed by atoms with Crippen LogP contribution in [0.25, 0.3) is 0 Å². The van der Waals surface area contributed by atoms with Crippen molar-refractivity contribution in [3.8, 4) is 5.75 Å². The molecule has 0 atom stereocenters. The maximum atomic E-state index is 11.9. The average molecular weight is 366 g/mol. The molecule has 0 saturated heterocycles. The van der Waals surface area contributed by atoms with Crippen LogP contribution in [-0.2, 0) is 16.1 Å². The molecule has 1 N–H and O–H groups in total. The summed E-state index contributed by atoms with van der Waals surface area (Å²) in [5, 5.41) is 6.90. The highest BCUT2D eigenvalue weighted by atomic mass is 79.9. The summed E-state index contributed by atoms with van der Waals surface area (Å²) in [6.45, 7) is 5.20. The van der Waals surface area contributed by atoms with Gasteiger partial charge in [-0.05, 0) is 54.0 Å². The normalized spacial score (nSPS) is 10.4. The lowest BCUT2D eigenvalue weighted by Crippen LogP contribution is -2.18. The molecule has 1 heterocycles. The zero-order chi connectivity index (χ0) is 16.3. The highest BCUT2D eigenvalue weighted by molar-refractivity contribution is 9.10. The zero-order valence-electron chi connectivity index (χ0n) is 12.5. The van der Waals surface area contributed by atoms with Crippen molar-refractivity contribution in [2.24, 2.45) is 0 Å². The van der Waals surface area contributed by atoms with Crippen LogP contribution < -0.4 is 10.1 Å². The van der Waals surface area contributed by atoms with E-state index in [1.54, 1.807) is 28.9 Å². The lowest BCUT2D eigenvalue weighted by Gasteiger charge is -2.07. The summed E-state index contributed by atoms with van der Waals surface area (Å²) >= 11 is 3.41. The SMILES string of the molecule is CC(=O)Nc1ccc(OC(=O)Cn2nc(C)c(Br)c2C)cc1. The minimum atomic E-state index is -0.412.